The van der Waals surface area contributed by atoms with Crippen molar-refractivity contribution >= 4 is 33.2 Å². The Hall–Kier alpha value is -1.19. The molecular weight excluding hydrogens is 350 g/mol. The van der Waals surface area contributed by atoms with Gasteiger partial charge >= 0.3 is 0 Å². The highest BCUT2D eigenvalue weighted by Crippen LogP contribution is 2.39. The van der Waals surface area contributed by atoms with Crippen molar-refractivity contribution in [1.29, 1.82) is 0 Å². The van der Waals surface area contributed by atoms with E-state index in [2.05, 4.69) is 39.4 Å². The van der Waals surface area contributed by atoms with Gasteiger partial charge in [-0.1, -0.05) is 23.7 Å². The molecule has 2 aromatic carbocycles. The molecule has 2 aromatic rings. The van der Waals surface area contributed by atoms with Crippen LogP contribution in [-0.2, 0) is 0 Å². The van der Waals surface area contributed by atoms with Gasteiger partial charge in [0.15, 0.2) is 0 Å². The maximum absolute atomic E-state index is 6.11. The lowest BCUT2D eigenvalue weighted by molar-refractivity contribution is 0.373. The highest BCUT2D eigenvalue weighted by Gasteiger charge is 2.30. The fourth-order valence-corrected chi connectivity index (χ4v) is 3.13. The lowest BCUT2D eigenvalue weighted by Gasteiger charge is -2.37. The first kappa shape index (κ1) is 14.7. The van der Waals surface area contributed by atoms with E-state index in [0.717, 1.165) is 33.8 Å². The molecule has 0 aliphatic heterocycles. The summed E-state index contributed by atoms with van der Waals surface area (Å²) in [5.74, 6) is 1.55. The molecule has 0 radical (unpaired) electrons. The number of benzene rings is 2. The van der Waals surface area contributed by atoms with Crippen LogP contribution in [0.25, 0.3) is 0 Å². The van der Waals surface area contributed by atoms with Gasteiger partial charge in [0.2, 0.25) is 0 Å². The fraction of sp³-hybridized carbons (Fsp3) is 0.294. The van der Waals surface area contributed by atoms with Gasteiger partial charge in [-0.25, -0.2) is 0 Å². The summed E-state index contributed by atoms with van der Waals surface area (Å²) in [6.45, 7) is 0. The van der Waals surface area contributed by atoms with Crippen molar-refractivity contribution < 1.29 is 4.74 Å². The number of hydrogen-bond acceptors (Lipinski definition) is 2. The van der Waals surface area contributed by atoms with E-state index in [4.69, 9.17) is 16.3 Å². The predicted molar refractivity (Wildman–Crippen MR) is 91.5 cm³/mol. The third-order valence-corrected chi connectivity index (χ3v) is 5.25. The Morgan fingerprint density at radius 3 is 2.48 bits per heavy atom. The van der Waals surface area contributed by atoms with E-state index >= 15 is 0 Å². The molecule has 1 fully saturated rings. The smallest absolute Gasteiger partial charge is 0.118 e. The molecule has 0 unspecified atom stereocenters. The van der Waals surface area contributed by atoms with E-state index < -0.39 is 0 Å². The molecule has 2 nitrogen and oxygen atoms in total. The second-order valence-electron chi connectivity index (χ2n) is 5.41. The molecule has 1 aliphatic carbocycles. The average Bonchev–Trinajstić information content (AvgIpc) is 2.46. The van der Waals surface area contributed by atoms with Gasteiger partial charge in [0.1, 0.15) is 5.75 Å². The Balaban J connectivity index is 1.56. The van der Waals surface area contributed by atoms with Crippen LogP contribution in [0.2, 0.25) is 5.02 Å². The largest absolute Gasteiger partial charge is 0.497 e. The van der Waals surface area contributed by atoms with Crippen LogP contribution in [0.3, 0.4) is 0 Å². The monoisotopic (exact) mass is 365 g/mol. The van der Waals surface area contributed by atoms with Gasteiger partial charge in [-0.15, -0.1) is 0 Å². The van der Waals surface area contributed by atoms with Crippen molar-refractivity contribution in [2.24, 2.45) is 0 Å². The number of ether oxygens (including phenoxy) is 1. The molecule has 1 aliphatic rings. The molecule has 0 bridgehead atoms. The van der Waals surface area contributed by atoms with E-state index in [1.54, 1.807) is 7.11 Å². The van der Waals surface area contributed by atoms with Crippen molar-refractivity contribution in [3.63, 3.8) is 0 Å². The lowest BCUT2D eigenvalue weighted by atomic mass is 9.76. The first-order chi connectivity index (χ1) is 10.2. The lowest BCUT2D eigenvalue weighted by Crippen LogP contribution is -2.33. The van der Waals surface area contributed by atoms with Crippen molar-refractivity contribution in [1.82, 2.24) is 0 Å². The molecule has 0 aromatic heterocycles. The van der Waals surface area contributed by atoms with Crippen molar-refractivity contribution in [3.8, 4) is 5.75 Å². The molecular formula is C17H17BrClNO. The summed E-state index contributed by atoms with van der Waals surface area (Å²) in [6.07, 6.45) is 2.31. The zero-order chi connectivity index (χ0) is 14.8. The third-order valence-electron chi connectivity index (χ3n) is 4.02. The zero-order valence-electron chi connectivity index (χ0n) is 11.8. The van der Waals surface area contributed by atoms with Gasteiger partial charge in [-0.2, -0.15) is 0 Å². The van der Waals surface area contributed by atoms with Crippen LogP contribution in [0, 0.1) is 0 Å². The summed E-state index contributed by atoms with van der Waals surface area (Å²) in [7, 11) is 1.70. The summed E-state index contributed by atoms with van der Waals surface area (Å²) < 4.78 is 6.12. The topological polar surface area (TPSA) is 21.3 Å². The molecule has 0 spiro atoms. The van der Waals surface area contributed by atoms with Crippen molar-refractivity contribution in [3.05, 3.63) is 57.5 Å². The molecule has 4 heteroatoms. The van der Waals surface area contributed by atoms with Gasteiger partial charge in [0.25, 0.3) is 0 Å². The van der Waals surface area contributed by atoms with Gasteiger partial charge < -0.3 is 10.1 Å². The zero-order valence-corrected chi connectivity index (χ0v) is 14.1. The summed E-state index contributed by atoms with van der Waals surface area (Å²) in [6, 6.07) is 14.9. The predicted octanol–water partition coefficient (Wildman–Crippen LogP) is 5.47. The SMILES string of the molecule is COc1ccc(C2CC(Nc3ccc(Br)c(Cl)c3)C2)cc1. The Morgan fingerprint density at radius 1 is 1.14 bits per heavy atom. The number of nitrogens with one attached hydrogen (secondary N) is 1. The first-order valence-electron chi connectivity index (χ1n) is 7.01. The van der Waals surface area contributed by atoms with Crippen LogP contribution in [0.4, 0.5) is 5.69 Å². The van der Waals surface area contributed by atoms with E-state index in [9.17, 15) is 0 Å². The molecule has 0 atom stereocenters. The Morgan fingerprint density at radius 2 is 1.86 bits per heavy atom. The van der Waals surface area contributed by atoms with E-state index in [1.807, 2.05) is 24.3 Å². The minimum absolute atomic E-state index is 0.523. The second kappa shape index (κ2) is 6.29. The van der Waals surface area contributed by atoms with Gasteiger partial charge in [0, 0.05) is 16.2 Å². The highest BCUT2D eigenvalue weighted by atomic mass is 79.9. The number of hydrogen-bond donors (Lipinski definition) is 1. The van der Waals surface area contributed by atoms with Crippen molar-refractivity contribution in [2.45, 2.75) is 24.8 Å². The summed E-state index contributed by atoms with van der Waals surface area (Å²) in [5, 5.41) is 4.28. The minimum Gasteiger partial charge on any atom is -0.497 e. The molecule has 0 heterocycles. The summed E-state index contributed by atoms with van der Waals surface area (Å²) in [4.78, 5) is 0. The Bertz CT molecular complexity index is 623. The van der Waals surface area contributed by atoms with E-state index in [1.165, 1.54) is 5.56 Å². The number of anilines is 1. The van der Waals surface area contributed by atoms with Gasteiger partial charge in [-0.3, -0.25) is 0 Å². The van der Waals surface area contributed by atoms with Crippen LogP contribution in [0.1, 0.15) is 24.3 Å². The third kappa shape index (κ3) is 3.35. The molecule has 0 amide bonds. The van der Waals surface area contributed by atoms with Crippen LogP contribution in [0.5, 0.6) is 5.75 Å². The van der Waals surface area contributed by atoms with Crippen molar-refractivity contribution in [2.75, 3.05) is 12.4 Å². The molecule has 1 N–H and O–H groups in total. The second-order valence-corrected chi connectivity index (χ2v) is 6.67. The minimum atomic E-state index is 0.523. The summed E-state index contributed by atoms with van der Waals surface area (Å²) >= 11 is 9.52. The van der Waals surface area contributed by atoms with Gasteiger partial charge in [0.05, 0.1) is 12.1 Å². The van der Waals surface area contributed by atoms with Crippen LogP contribution in [0.15, 0.2) is 46.9 Å². The number of halogens is 2. The standard InChI is InChI=1S/C17H17BrClNO/c1-21-15-5-2-11(3-6-15)12-8-14(9-12)20-13-4-7-16(18)17(19)10-13/h2-7,10,12,14,20H,8-9H2,1H3. The molecule has 1 saturated carbocycles. The molecule has 110 valence electrons. The first-order valence-corrected chi connectivity index (χ1v) is 8.18. The molecule has 3 rings (SSSR count). The van der Waals surface area contributed by atoms with Crippen LogP contribution in [-0.4, -0.2) is 13.2 Å². The van der Waals surface area contributed by atoms with Crippen LogP contribution >= 0.6 is 27.5 Å². The fourth-order valence-electron chi connectivity index (χ4n) is 2.71. The van der Waals surface area contributed by atoms with E-state index in [-0.39, 0.29) is 0 Å². The normalized spacial score (nSPS) is 20.7. The average molecular weight is 367 g/mol. The van der Waals surface area contributed by atoms with E-state index in [0.29, 0.717) is 12.0 Å². The molecule has 21 heavy (non-hydrogen) atoms. The maximum atomic E-state index is 6.11. The molecule has 0 saturated heterocycles. The summed E-state index contributed by atoms with van der Waals surface area (Å²) in [5.41, 5.74) is 2.48. The van der Waals surface area contributed by atoms with Gasteiger partial charge in [-0.05, 0) is 70.6 Å². The van der Waals surface area contributed by atoms with Crippen LogP contribution < -0.4 is 10.1 Å². The maximum Gasteiger partial charge on any atom is 0.118 e. The highest BCUT2D eigenvalue weighted by molar-refractivity contribution is 9.10. The number of rotatable bonds is 4. The number of methoxy groups -OCH3 is 1. The Kier molecular flexibility index (Phi) is 4.41. The quantitative estimate of drug-likeness (QED) is 0.774. The Labute approximate surface area is 138 Å².